The third-order valence-electron chi connectivity index (χ3n) is 16.6. The number of carbonyl (C=O) groups excluding carboxylic acids is 9. The molecule has 0 radical (unpaired) electrons. The maximum Gasteiger partial charge on any atom is 0.332 e. The zero-order valence-corrected chi connectivity index (χ0v) is 51.1. The van der Waals surface area contributed by atoms with Gasteiger partial charge < -0.3 is 50.3 Å². The van der Waals surface area contributed by atoms with Crippen LogP contribution in [0.15, 0.2) is 91.3 Å². The van der Waals surface area contributed by atoms with Gasteiger partial charge in [0.25, 0.3) is 5.91 Å². The van der Waals surface area contributed by atoms with Gasteiger partial charge in [0.2, 0.25) is 41.4 Å². The highest BCUT2D eigenvalue weighted by molar-refractivity contribution is 5.99. The lowest BCUT2D eigenvalue weighted by molar-refractivity contribution is -0.176. The van der Waals surface area contributed by atoms with Crippen molar-refractivity contribution in [1.29, 1.82) is 0 Å². The van der Waals surface area contributed by atoms with E-state index in [0.717, 1.165) is 31.7 Å². The molecule has 3 heterocycles. The normalized spacial score (nSPS) is 24.6. The Bertz CT molecular complexity index is 3020. The molecule has 20 nitrogen and oxygen atoms in total. The van der Waals surface area contributed by atoms with Gasteiger partial charge in [-0.15, -0.1) is 0 Å². The molecule has 3 aromatic carbocycles. The molecule has 4 aromatic rings. The summed E-state index contributed by atoms with van der Waals surface area (Å²) in [7, 11) is 5.54. The number of benzene rings is 3. The van der Waals surface area contributed by atoms with Gasteiger partial charge in [0, 0.05) is 76.8 Å². The molecule has 2 aliphatic rings. The molecule has 84 heavy (non-hydrogen) atoms. The van der Waals surface area contributed by atoms with E-state index in [2.05, 4.69) is 20.9 Å². The minimum absolute atomic E-state index is 0.0244. The molecule has 1 aromatic heterocycles. The second-order valence-corrected chi connectivity index (χ2v) is 23.9. The predicted molar refractivity (Wildman–Crippen MR) is 319 cm³/mol. The van der Waals surface area contributed by atoms with Crippen LogP contribution in [-0.4, -0.2) is 183 Å². The minimum Gasteiger partial charge on any atom is -0.450 e. The van der Waals surface area contributed by atoms with Crippen LogP contribution in [0.1, 0.15) is 106 Å². The first-order chi connectivity index (χ1) is 39.7. The number of ether oxygens (including phenoxy) is 1. The van der Waals surface area contributed by atoms with Crippen LogP contribution in [0.25, 0.3) is 21.9 Å². The number of nitrogens with zero attached hydrogens (tertiary/aromatic N) is 6. The average molecular weight is 1160 g/mol. The van der Waals surface area contributed by atoms with Crippen molar-refractivity contribution in [2.24, 2.45) is 17.8 Å². The number of rotatable bonds is 12. The van der Waals surface area contributed by atoms with Gasteiger partial charge in [-0.1, -0.05) is 127 Å². The van der Waals surface area contributed by atoms with Crippen molar-refractivity contribution in [1.82, 2.24) is 45.4 Å². The molecule has 2 saturated heterocycles. The number of esters is 1. The number of aliphatic hydroxyl groups is 1. The second kappa shape index (κ2) is 28.7. The zero-order valence-electron chi connectivity index (χ0n) is 51.1. The van der Waals surface area contributed by atoms with E-state index in [4.69, 9.17) is 4.74 Å². The van der Waals surface area contributed by atoms with Gasteiger partial charge in [-0.25, -0.2) is 4.79 Å². The average Bonchev–Trinajstić information content (AvgIpc) is 4.14. The van der Waals surface area contributed by atoms with E-state index >= 15 is 9.59 Å². The zero-order chi connectivity index (χ0) is 61.9. The minimum atomic E-state index is -1.97. The summed E-state index contributed by atoms with van der Waals surface area (Å²) in [4.78, 5) is 143. The summed E-state index contributed by atoms with van der Waals surface area (Å²) in [6.07, 6.45) is 3.50. The Morgan fingerprint density at radius 1 is 0.679 bits per heavy atom. The van der Waals surface area contributed by atoms with Crippen LogP contribution in [0, 0.1) is 17.8 Å². The standard InChI is InChI=1S/C64H87N9O11/c1-14-39(5)53-61(80)70(11)41(7)56(75)67-48(31-38(3)4)59(78)72(13)55(64(8,9)83)63(82)84-54(40(6)15-2)62(81)69(10)37-52(74)66-49(33-42-23-17-16-18-24-42)58(77)71(12)51(60(79)73-30-22-29-50(73)57(76)68-53)34-43-25-21-27-44(32-43)47-36-65-35-45-26-19-20-28-46(45)47/h16-21,23-28,32,35-36,38-41,48-51,53-55,83H,14-15,22,29-31,33-34,37H2,1-13H3,(H,66,74)(H,67,75)(H,68,76)/t39?,40-,41+,48?,49?,50?,51?,53?,54?,55?/m1/s1. The number of carbonyl (C=O) groups is 9. The molecule has 0 aliphatic carbocycles. The summed E-state index contributed by atoms with van der Waals surface area (Å²) < 4.78 is 5.98. The van der Waals surface area contributed by atoms with Crippen LogP contribution in [0.3, 0.4) is 0 Å². The highest BCUT2D eigenvalue weighted by atomic mass is 16.6. The molecule has 2 fully saturated rings. The number of aromatic nitrogens is 1. The summed E-state index contributed by atoms with van der Waals surface area (Å²) in [5.41, 5.74) is 1.05. The van der Waals surface area contributed by atoms with E-state index in [1.54, 1.807) is 57.4 Å². The lowest BCUT2D eigenvalue weighted by atomic mass is 9.94. The van der Waals surface area contributed by atoms with Gasteiger partial charge >= 0.3 is 5.97 Å². The topological polar surface area (TPSA) is 248 Å². The Kier molecular flexibility index (Phi) is 22.3. The molecule has 454 valence electrons. The number of pyridine rings is 1. The monoisotopic (exact) mass is 1160 g/mol. The fourth-order valence-electron chi connectivity index (χ4n) is 11.1. The van der Waals surface area contributed by atoms with Crippen LogP contribution < -0.4 is 16.0 Å². The Balaban J connectivity index is 1.47. The van der Waals surface area contributed by atoms with Crippen molar-refractivity contribution in [2.45, 2.75) is 161 Å². The van der Waals surface area contributed by atoms with Gasteiger partial charge in [-0.3, -0.25) is 43.3 Å². The first-order valence-electron chi connectivity index (χ1n) is 29.3. The summed E-state index contributed by atoms with van der Waals surface area (Å²) >= 11 is 0. The second-order valence-electron chi connectivity index (χ2n) is 23.9. The number of amides is 8. The van der Waals surface area contributed by atoms with Crippen molar-refractivity contribution in [3.63, 3.8) is 0 Å². The van der Waals surface area contributed by atoms with Gasteiger partial charge in [-0.05, 0) is 80.4 Å². The molecule has 8 unspecified atom stereocenters. The Labute approximate surface area is 494 Å². The largest absolute Gasteiger partial charge is 0.450 e. The predicted octanol–water partition coefficient (Wildman–Crippen LogP) is 4.93. The van der Waals surface area contributed by atoms with Crippen molar-refractivity contribution in [2.75, 3.05) is 41.3 Å². The molecular formula is C64H87N9O11. The third kappa shape index (κ3) is 15.7. The smallest absolute Gasteiger partial charge is 0.332 e. The Morgan fingerprint density at radius 3 is 1.98 bits per heavy atom. The van der Waals surface area contributed by atoms with E-state index in [-0.39, 0.29) is 38.1 Å². The SMILES string of the molecule is CCC(C)C1NC(=O)C2CCCN2C(=O)C(Cc2cccc(-c3cncc4ccccc34)c2)N(C)C(=O)C(Cc2ccccc2)NC(=O)CN(C)C(=O)C([C@H](C)CC)OC(=O)C(C(C)(C)O)N(C)C(=O)C(CC(C)C)NC(=O)[C@H](C)N(C)C1=O. The quantitative estimate of drug-likeness (QED) is 0.138. The first-order valence-corrected chi connectivity index (χ1v) is 29.3. The third-order valence-corrected chi connectivity index (χ3v) is 16.6. The number of hydrogen-bond donors (Lipinski definition) is 4. The van der Waals surface area contributed by atoms with E-state index in [9.17, 15) is 38.7 Å². The van der Waals surface area contributed by atoms with Crippen LogP contribution in [0.5, 0.6) is 0 Å². The number of nitrogens with one attached hydrogen (secondary N) is 3. The Hall–Kier alpha value is -7.74. The summed E-state index contributed by atoms with van der Waals surface area (Å²) in [5, 5.41) is 22.1. The van der Waals surface area contributed by atoms with Crippen molar-refractivity contribution in [3.8, 4) is 11.1 Å². The van der Waals surface area contributed by atoms with E-state index in [1.165, 1.54) is 63.7 Å². The van der Waals surface area contributed by atoms with E-state index in [1.807, 2.05) is 75.4 Å². The fourth-order valence-corrected chi connectivity index (χ4v) is 11.1. The molecule has 8 amide bonds. The molecule has 2 aliphatic heterocycles. The maximum atomic E-state index is 15.6. The summed E-state index contributed by atoms with van der Waals surface area (Å²) in [6.45, 7) is 14.4. The molecule has 6 rings (SSSR count). The van der Waals surface area contributed by atoms with Crippen molar-refractivity contribution >= 4 is 64.0 Å². The molecule has 4 N–H and O–H groups in total. The lowest BCUT2D eigenvalue weighted by Crippen LogP contribution is -2.62. The highest BCUT2D eigenvalue weighted by Gasteiger charge is 2.47. The number of hydrogen-bond acceptors (Lipinski definition) is 12. The van der Waals surface area contributed by atoms with Gasteiger partial charge in [0.15, 0.2) is 12.1 Å². The van der Waals surface area contributed by atoms with Gasteiger partial charge in [-0.2, -0.15) is 0 Å². The van der Waals surface area contributed by atoms with E-state index < -0.39 is 126 Å². The molecule has 10 atom stereocenters. The molecular weight excluding hydrogens is 1070 g/mol. The molecule has 0 saturated carbocycles. The summed E-state index contributed by atoms with van der Waals surface area (Å²) in [6, 6.07) is 15.4. The van der Waals surface area contributed by atoms with Gasteiger partial charge in [0.05, 0.1) is 12.1 Å². The first kappa shape index (κ1) is 65.4. The summed E-state index contributed by atoms with van der Waals surface area (Å²) in [5.74, 6) is -7.81. The maximum absolute atomic E-state index is 15.6. The van der Waals surface area contributed by atoms with Crippen molar-refractivity contribution in [3.05, 3.63) is 102 Å². The highest BCUT2D eigenvalue weighted by Crippen LogP contribution is 2.30. The van der Waals surface area contributed by atoms with Crippen LogP contribution in [0.4, 0.5) is 0 Å². The number of likely N-dealkylation sites (N-methyl/N-ethyl adjacent to an activating group) is 4. The van der Waals surface area contributed by atoms with Crippen molar-refractivity contribution < 1.29 is 53.0 Å². The number of fused-ring (bicyclic) bond motifs is 2. The van der Waals surface area contributed by atoms with Crippen LogP contribution >= 0.6 is 0 Å². The molecule has 0 spiro atoms. The fraction of sp³-hybridized carbons (Fsp3) is 0.531. The lowest BCUT2D eigenvalue weighted by Gasteiger charge is -2.38. The number of cyclic esters (lactones) is 1. The van der Waals surface area contributed by atoms with E-state index in [0.29, 0.717) is 30.4 Å². The van der Waals surface area contributed by atoms with Gasteiger partial charge in [0.1, 0.15) is 36.3 Å². The molecule has 20 heteroatoms. The Morgan fingerprint density at radius 2 is 1.32 bits per heavy atom. The van der Waals surface area contributed by atoms with Crippen LogP contribution in [0.2, 0.25) is 0 Å². The molecule has 0 bridgehead atoms. The van der Waals surface area contributed by atoms with Crippen LogP contribution in [-0.2, 0) is 60.7 Å².